The van der Waals surface area contributed by atoms with Crippen molar-refractivity contribution in [2.24, 2.45) is 0 Å². The van der Waals surface area contributed by atoms with E-state index in [1.807, 2.05) is 13.8 Å². The molecule has 1 aromatic rings. The summed E-state index contributed by atoms with van der Waals surface area (Å²) in [4.78, 5) is 14.9. The third kappa shape index (κ3) is 1.23. The molecule has 0 spiro atoms. The zero-order valence-corrected chi connectivity index (χ0v) is 6.16. The molecule has 0 aliphatic rings. The van der Waals surface area contributed by atoms with Gasteiger partial charge in [-0.05, 0) is 6.92 Å². The molecule has 0 saturated carbocycles. The quantitative estimate of drug-likeness (QED) is 0.585. The Hall–Kier alpha value is -1.12. The maximum Gasteiger partial charge on any atom is 0.231 e. The van der Waals surface area contributed by atoms with Crippen molar-refractivity contribution in [3.8, 4) is 0 Å². The monoisotopic (exact) mass is 138 g/mol. The first kappa shape index (κ1) is 6.99. The maximum atomic E-state index is 10.9. The van der Waals surface area contributed by atoms with E-state index in [0.717, 1.165) is 5.69 Å². The Balaban J connectivity index is 2.85. The van der Waals surface area contributed by atoms with E-state index in [0.29, 0.717) is 6.42 Å². The lowest BCUT2D eigenvalue weighted by molar-refractivity contribution is 0.0908. The lowest BCUT2D eigenvalue weighted by Crippen LogP contribution is -2.05. The van der Waals surface area contributed by atoms with E-state index >= 15 is 0 Å². The summed E-state index contributed by atoms with van der Waals surface area (Å²) in [5.41, 5.74) is 0.877. The average Bonchev–Trinajstić information content (AvgIpc) is 2.34. The summed E-state index contributed by atoms with van der Waals surface area (Å²) in [5.74, 6) is 0.0839. The van der Waals surface area contributed by atoms with Gasteiger partial charge >= 0.3 is 0 Å². The maximum absolute atomic E-state index is 10.9. The van der Waals surface area contributed by atoms with E-state index in [2.05, 4.69) is 4.98 Å². The third-order valence-corrected chi connectivity index (χ3v) is 1.30. The van der Waals surface area contributed by atoms with E-state index in [4.69, 9.17) is 0 Å². The number of hydrogen-bond acceptors (Lipinski definition) is 2. The predicted molar refractivity (Wildman–Crippen MR) is 37.9 cm³/mol. The molecule has 0 aliphatic carbocycles. The minimum absolute atomic E-state index is 0.0839. The van der Waals surface area contributed by atoms with Gasteiger partial charge in [0.2, 0.25) is 5.91 Å². The van der Waals surface area contributed by atoms with Gasteiger partial charge in [-0.2, -0.15) is 0 Å². The highest BCUT2D eigenvalue weighted by atomic mass is 16.1. The summed E-state index contributed by atoms with van der Waals surface area (Å²) in [5, 5.41) is 0. The second-order valence-electron chi connectivity index (χ2n) is 2.17. The standard InChI is InChI=1S/C7H10N2O/c1-3-7(10)9-4-6(2)8-5-9/h4-5H,3H2,1-2H3. The Morgan fingerprint density at radius 2 is 2.50 bits per heavy atom. The van der Waals surface area contributed by atoms with Crippen LogP contribution in [0, 0.1) is 6.92 Å². The summed E-state index contributed by atoms with van der Waals surface area (Å²) >= 11 is 0. The van der Waals surface area contributed by atoms with Crippen LogP contribution in [0.4, 0.5) is 0 Å². The Morgan fingerprint density at radius 1 is 1.80 bits per heavy atom. The largest absolute Gasteiger partial charge is 0.276 e. The smallest absolute Gasteiger partial charge is 0.231 e. The lowest BCUT2D eigenvalue weighted by Gasteiger charge is -1.93. The van der Waals surface area contributed by atoms with Crippen molar-refractivity contribution in [3.05, 3.63) is 18.2 Å². The molecule has 0 unspecified atom stereocenters. The van der Waals surface area contributed by atoms with Crippen LogP contribution in [0.3, 0.4) is 0 Å². The molecule has 0 amide bonds. The van der Waals surface area contributed by atoms with Gasteiger partial charge in [0, 0.05) is 12.6 Å². The lowest BCUT2D eigenvalue weighted by atomic mass is 10.4. The third-order valence-electron chi connectivity index (χ3n) is 1.30. The first-order valence-electron chi connectivity index (χ1n) is 3.28. The minimum Gasteiger partial charge on any atom is -0.276 e. The van der Waals surface area contributed by atoms with Gasteiger partial charge in [0.15, 0.2) is 0 Å². The van der Waals surface area contributed by atoms with E-state index < -0.39 is 0 Å². The molecule has 0 fully saturated rings. The van der Waals surface area contributed by atoms with Crippen LogP contribution >= 0.6 is 0 Å². The summed E-state index contributed by atoms with van der Waals surface area (Å²) in [7, 11) is 0. The Kier molecular flexibility index (Phi) is 1.85. The fraction of sp³-hybridized carbons (Fsp3) is 0.429. The first-order chi connectivity index (χ1) is 4.74. The molecule has 0 bridgehead atoms. The SMILES string of the molecule is CCC(=O)n1cnc(C)c1. The molecule has 1 rings (SSSR count). The van der Waals surface area contributed by atoms with Crippen molar-refractivity contribution in [1.29, 1.82) is 0 Å². The number of aryl methyl sites for hydroxylation is 1. The Morgan fingerprint density at radius 3 is 2.90 bits per heavy atom. The van der Waals surface area contributed by atoms with Gasteiger partial charge in [-0.3, -0.25) is 9.36 Å². The highest BCUT2D eigenvalue weighted by molar-refractivity contribution is 5.78. The fourth-order valence-corrected chi connectivity index (χ4v) is 0.740. The van der Waals surface area contributed by atoms with Gasteiger partial charge in [0.1, 0.15) is 6.33 Å². The van der Waals surface area contributed by atoms with Crippen molar-refractivity contribution in [3.63, 3.8) is 0 Å². The van der Waals surface area contributed by atoms with Crippen LogP contribution in [-0.4, -0.2) is 15.5 Å². The molecular formula is C7H10N2O. The summed E-state index contributed by atoms with van der Waals surface area (Å²) in [6, 6.07) is 0. The zero-order valence-electron chi connectivity index (χ0n) is 6.16. The average molecular weight is 138 g/mol. The molecule has 1 aromatic heterocycles. The molecule has 0 saturated heterocycles. The van der Waals surface area contributed by atoms with E-state index in [-0.39, 0.29) is 5.91 Å². The highest BCUT2D eigenvalue weighted by Gasteiger charge is 1.99. The fourth-order valence-electron chi connectivity index (χ4n) is 0.740. The zero-order chi connectivity index (χ0) is 7.56. The first-order valence-corrected chi connectivity index (χ1v) is 3.28. The second-order valence-corrected chi connectivity index (χ2v) is 2.17. The Labute approximate surface area is 59.7 Å². The van der Waals surface area contributed by atoms with Gasteiger partial charge in [0.25, 0.3) is 0 Å². The van der Waals surface area contributed by atoms with Crippen molar-refractivity contribution >= 4 is 5.91 Å². The number of aromatic nitrogens is 2. The molecule has 3 heteroatoms. The number of rotatable bonds is 1. The number of nitrogens with zero attached hydrogens (tertiary/aromatic N) is 2. The van der Waals surface area contributed by atoms with Gasteiger partial charge in [0.05, 0.1) is 5.69 Å². The van der Waals surface area contributed by atoms with Gasteiger partial charge in [-0.1, -0.05) is 6.92 Å². The van der Waals surface area contributed by atoms with E-state index in [9.17, 15) is 4.79 Å². The van der Waals surface area contributed by atoms with Crippen molar-refractivity contribution in [2.45, 2.75) is 20.3 Å². The minimum atomic E-state index is 0.0839. The number of imidazole rings is 1. The highest BCUT2D eigenvalue weighted by Crippen LogP contribution is 1.94. The number of hydrogen-bond donors (Lipinski definition) is 0. The predicted octanol–water partition coefficient (Wildman–Crippen LogP) is 1.24. The van der Waals surface area contributed by atoms with Crippen molar-refractivity contribution < 1.29 is 4.79 Å². The van der Waals surface area contributed by atoms with Crippen molar-refractivity contribution in [1.82, 2.24) is 9.55 Å². The number of carbonyl (C=O) groups is 1. The molecule has 3 nitrogen and oxygen atoms in total. The topological polar surface area (TPSA) is 34.9 Å². The Bertz CT molecular complexity index is 240. The second kappa shape index (κ2) is 2.64. The molecular weight excluding hydrogens is 128 g/mol. The molecule has 54 valence electrons. The van der Waals surface area contributed by atoms with Gasteiger partial charge < -0.3 is 0 Å². The summed E-state index contributed by atoms with van der Waals surface area (Å²) in [6.07, 6.45) is 3.79. The molecule has 0 atom stereocenters. The molecule has 10 heavy (non-hydrogen) atoms. The van der Waals surface area contributed by atoms with Crippen molar-refractivity contribution in [2.75, 3.05) is 0 Å². The summed E-state index contributed by atoms with van der Waals surface area (Å²) < 4.78 is 1.51. The van der Waals surface area contributed by atoms with Crippen LogP contribution in [0.2, 0.25) is 0 Å². The summed E-state index contributed by atoms with van der Waals surface area (Å²) in [6.45, 7) is 3.69. The molecule has 0 aliphatic heterocycles. The van der Waals surface area contributed by atoms with Gasteiger partial charge in [-0.15, -0.1) is 0 Å². The molecule has 0 radical (unpaired) electrons. The van der Waals surface area contributed by atoms with E-state index in [1.165, 1.54) is 4.57 Å². The van der Waals surface area contributed by atoms with Crippen LogP contribution < -0.4 is 0 Å². The molecule has 1 heterocycles. The molecule has 0 aromatic carbocycles. The van der Waals surface area contributed by atoms with Gasteiger partial charge in [-0.25, -0.2) is 4.98 Å². The molecule has 0 N–H and O–H groups in total. The van der Waals surface area contributed by atoms with E-state index in [1.54, 1.807) is 12.5 Å². The van der Waals surface area contributed by atoms with Crippen LogP contribution in [0.5, 0.6) is 0 Å². The van der Waals surface area contributed by atoms with Crippen LogP contribution in [0.1, 0.15) is 23.8 Å². The normalized spacial score (nSPS) is 9.80. The van der Waals surface area contributed by atoms with Crippen LogP contribution in [-0.2, 0) is 0 Å². The van der Waals surface area contributed by atoms with Crippen LogP contribution in [0.15, 0.2) is 12.5 Å². The number of carbonyl (C=O) groups excluding carboxylic acids is 1. The van der Waals surface area contributed by atoms with Crippen LogP contribution in [0.25, 0.3) is 0 Å².